The van der Waals surface area contributed by atoms with Crippen molar-refractivity contribution >= 4 is 19.0 Å². The third kappa shape index (κ3) is 6.51. The van der Waals surface area contributed by atoms with E-state index >= 15 is 0 Å². The Balaban J connectivity index is 5.35. The summed E-state index contributed by atoms with van der Waals surface area (Å²) in [4.78, 5) is 27.8. The number of hydrogen-bond donors (Lipinski definition) is 1. The van der Waals surface area contributed by atoms with Gasteiger partial charge in [0.2, 0.25) is 12.3 Å². The minimum Gasteiger partial charge on any atom is -0.359 e. The van der Waals surface area contributed by atoms with E-state index in [9.17, 15) is 9.59 Å². The second-order valence-corrected chi connectivity index (χ2v) is 4.32. The normalized spacial score (nSPS) is 12.6. The molecule has 0 aromatic heterocycles. The van der Waals surface area contributed by atoms with Gasteiger partial charge in [-0.2, -0.15) is 0 Å². The summed E-state index contributed by atoms with van der Waals surface area (Å²) in [5.41, 5.74) is 2.47. The zero-order valence-corrected chi connectivity index (χ0v) is 12.9. The van der Waals surface area contributed by atoms with Gasteiger partial charge in [-0.3, -0.25) is 14.6 Å². The summed E-state index contributed by atoms with van der Waals surface area (Å²) in [5, 5.41) is 2.52. The van der Waals surface area contributed by atoms with Gasteiger partial charge < -0.3 is 10.2 Å². The predicted molar refractivity (Wildman–Crippen MR) is 86.8 cm³/mol. The Morgan fingerprint density at radius 1 is 1.38 bits per heavy atom. The Hall–Kier alpha value is -2.43. The van der Waals surface area contributed by atoms with Crippen molar-refractivity contribution < 1.29 is 9.59 Å². The van der Waals surface area contributed by atoms with Crippen molar-refractivity contribution in [3.63, 3.8) is 0 Å². The van der Waals surface area contributed by atoms with Gasteiger partial charge >= 0.3 is 0 Å². The van der Waals surface area contributed by atoms with E-state index in [2.05, 4.69) is 23.6 Å². The second kappa shape index (κ2) is 10.4. The van der Waals surface area contributed by atoms with Crippen LogP contribution >= 0.6 is 0 Å². The van der Waals surface area contributed by atoms with Crippen LogP contribution in [0.5, 0.6) is 0 Å². The maximum atomic E-state index is 11.3. The van der Waals surface area contributed by atoms with Crippen molar-refractivity contribution in [2.75, 3.05) is 13.6 Å². The van der Waals surface area contributed by atoms with Gasteiger partial charge in [-0.05, 0) is 31.7 Å². The number of amides is 2. The van der Waals surface area contributed by atoms with Crippen LogP contribution in [-0.2, 0) is 9.59 Å². The van der Waals surface area contributed by atoms with Crippen LogP contribution < -0.4 is 5.32 Å². The zero-order valence-electron chi connectivity index (χ0n) is 12.9. The zero-order chi connectivity index (χ0) is 16.3. The summed E-state index contributed by atoms with van der Waals surface area (Å²) in [6.45, 7) is 11.1. The monoisotopic (exact) mass is 289 g/mol. The van der Waals surface area contributed by atoms with Crippen LogP contribution in [0.1, 0.15) is 20.3 Å². The van der Waals surface area contributed by atoms with E-state index in [0.717, 1.165) is 11.1 Å². The van der Waals surface area contributed by atoms with Gasteiger partial charge in [-0.1, -0.05) is 24.8 Å². The highest BCUT2D eigenvalue weighted by molar-refractivity contribution is 5.76. The van der Waals surface area contributed by atoms with Crippen molar-refractivity contribution in [3.05, 3.63) is 47.9 Å². The number of allylic oxidation sites excluding steroid dienone is 5. The van der Waals surface area contributed by atoms with Crippen molar-refractivity contribution in [2.24, 2.45) is 4.99 Å². The summed E-state index contributed by atoms with van der Waals surface area (Å²) in [5.74, 6) is -0.127. The highest BCUT2D eigenvalue weighted by Gasteiger charge is 2.13. The van der Waals surface area contributed by atoms with Crippen LogP contribution in [0.4, 0.5) is 0 Å². The maximum Gasteiger partial charge on any atom is 0.221 e. The highest BCUT2D eigenvalue weighted by Crippen LogP contribution is 2.19. The van der Waals surface area contributed by atoms with Crippen LogP contribution in [0.25, 0.3) is 0 Å². The molecule has 5 heteroatoms. The molecule has 0 bridgehead atoms. The maximum absolute atomic E-state index is 11.3. The van der Waals surface area contributed by atoms with Gasteiger partial charge in [0.1, 0.15) is 0 Å². The number of nitrogens with one attached hydrogen (secondary N) is 1. The Labute approximate surface area is 126 Å². The van der Waals surface area contributed by atoms with Crippen LogP contribution in [-0.4, -0.2) is 37.5 Å². The van der Waals surface area contributed by atoms with Crippen molar-refractivity contribution in [2.45, 2.75) is 20.3 Å². The number of rotatable bonds is 9. The smallest absolute Gasteiger partial charge is 0.221 e. The van der Waals surface area contributed by atoms with Gasteiger partial charge in [0.15, 0.2) is 0 Å². The molecule has 0 saturated heterocycles. The molecule has 5 nitrogen and oxygen atoms in total. The van der Waals surface area contributed by atoms with Crippen LogP contribution in [0.2, 0.25) is 0 Å². The van der Waals surface area contributed by atoms with Gasteiger partial charge in [-0.15, -0.1) is 0 Å². The number of carbonyl (C=O) groups is 2. The van der Waals surface area contributed by atoms with Crippen molar-refractivity contribution in [1.82, 2.24) is 10.2 Å². The standard InChI is InChI=1S/C16H23N3O2/c1-6-7-8-13(2)14(3)15(11-17-4)19(12-20)10-9-16(21)18-5/h6-8,11-12H,1,4,9-10H2,2-3,5H3,(H,18,21)/b8-7-,14-13+,15-11+. The molecule has 1 N–H and O–H groups in total. The minimum atomic E-state index is -0.127. The third-order valence-electron chi connectivity index (χ3n) is 2.97. The summed E-state index contributed by atoms with van der Waals surface area (Å²) < 4.78 is 0. The van der Waals surface area contributed by atoms with E-state index in [0.29, 0.717) is 12.1 Å². The van der Waals surface area contributed by atoms with Crippen LogP contribution in [0, 0.1) is 0 Å². The topological polar surface area (TPSA) is 61.8 Å². The first kappa shape index (κ1) is 18.6. The van der Waals surface area contributed by atoms with E-state index in [-0.39, 0.29) is 18.9 Å². The predicted octanol–water partition coefficient (Wildman–Crippen LogP) is 2.20. The van der Waals surface area contributed by atoms with Gasteiger partial charge in [-0.25, -0.2) is 0 Å². The first-order chi connectivity index (χ1) is 10.0. The average molecular weight is 289 g/mol. The van der Waals surface area contributed by atoms with Crippen LogP contribution in [0.3, 0.4) is 0 Å². The Bertz CT molecular complexity index is 488. The fraction of sp³-hybridized carbons (Fsp3) is 0.312. The number of aliphatic imine (C=N–C) groups is 1. The summed E-state index contributed by atoms with van der Waals surface area (Å²) in [6, 6.07) is 0. The molecule has 0 radical (unpaired) electrons. The first-order valence-corrected chi connectivity index (χ1v) is 6.57. The summed E-state index contributed by atoms with van der Waals surface area (Å²) >= 11 is 0. The lowest BCUT2D eigenvalue weighted by atomic mass is 10.1. The largest absolute Gasteiger partial charge is 0.359 e. The van der Waals surface area contributed by atoms with E-state index in [1.54, 1.807) is 13.1 Å². The van der Waals surface area contributed by atoms with E-state index in [1.165, 1.54) is 11.1 Å². The first-order valence-electron chi connectivity index (χ1n) is 6.57. The van der Waals surface area contributed by atoms with E-state index in [1.807, 2.05) is 26.0 Å². The van der Waals surface area contributed by atoms with Gasteiger partial charge in [0.25, 0.3) is 0 Å². The molecule has 0 spiro atoms. The Morgan fingerprint density at radius 2 is 2.05 bits per heavy atom. The number of carbonyl (C=O) groups excluding carboxylic acids is 2. The van der Waals surface area contributed by atoms with Crippen molar-refractivity contribution in [1.29, 1.82) is 0 Å². The Morgan fingerprint density at radius 3 is 2.52 bits per heavy atom. The van der Waals surface area contributed by atoms with E-state index < -0.39 is 0 Å². The molecule has 0 saturated carbocycles. The molecule has 114 valence electrons. The van der Waals surface area contributed by atoms with Crippen LogP contribution in [0.15, 0.2) is 52.8 Å². The molecule has 0 unspecified atom stereocenters. The molecule has 0 aliphatic carbocycles. The molecular weight excluding hydrogens is 266 g/mol. The molecule has 0 aliphatic rings. The molecule has 0 aliphatic heterocycles. The molecular formula is C16H23N3O2. The molecule has 21 heavy (non-hydrogen) atoms. The number of nitrogens with zero attached hydrogens (tertiary/aromatic N) is 2. The Kier molecular flexibility index (Phi) is 9.17. The lowest BCUT2D eigenvalue weighted by molar-refractivity contribution is -0.121. The SMILES string of the molecule is C=C\C=C/C(C)=C(C)/C(=C\N=C)N(C=O)CCC(=O)NC. The second-order valence-electron chi connectivity index (χ2n) is 4.32. The molecule has 0 heterocycles. The fourth-order valence-electron chi connectivity index (χ4n) is 1.59. The quantitative estimate of drug-likeness (QED) is 0.402. The molecule has 0 aromatic rings. The third-order valence-corrected chi connectivity index (χ3v) is 2.97. The molecule has 2 amide bonds. The lowest BCUT2D eigenvalue weighted by Gasteiger charge is -2.21. The van der Waals surface area contributed by atoms with Gasteiger partial charge in [0.05, 0.1) is 11.9 Å². The van der Waals surface area contributed by atoms with Crippen molar-refractivity contribution in [3.8, 4) is 0 Å². The molecule has 0 fully saturated rings. The summed E-state index contributed by atoms with van der Waals surface area (Å²) in [6.07, 6.45) is 7.80. The molecule has 0 aromatic carbocycles. The average Bonchev–Trinajstić information content (AvgIpc) is 2.50. The van der Waals surface area contributed by atoms with Gasteiger partial charge in [0, 0.05) is 20.0 Å². The fourth-order valence-corrected chi connectivity index (χ4v) is 1.59. The van der Waals surface area contributed by atoms with E-state index in [4.69, 9.17) is 0 Å². The number of hydrogen-bond acceptors (Lipinski definition) is 3. The highest BCUT2D eigenvalue weighted by atomic mass is 16.2. The molecule has 0 atom stereocenters. The minimum absolute atomic E-state index is 0.127. The molecule has 0 rings (SSSR count). The summed E-state index contributed by atoms with van der Waals surface area (Å²) in [7, 11) is 1.56. The lowest BCUT2D eigenvalue weighted by Crippen LogP contribution is -2.28.